The van der Waals surface area contributed by atoms with Crippen LogP contribution in [0.4, 0.5) is 0 Å². The van der Waals surface area contributed by atoms with Gasteiger partial charge in [0.15, 0.2) is 0 Å². The molecule has 1 atom stereocenters. The number of rotatable bonds is 3. The van der Waals surface area contributed by atoms with E-state index in [1.807, 2.05) is 0 Å². The number of likely N-dealkylation sites (tertiary alicyclic amines) is 1. The van der Waals surface area contributed by atoms with Crippen molar-refractivity contribution in [2.45, 2.75) is 25.3 Å². The van der Waals surface area contributed by atoms with Crippen molar-refractivity contribution in [3.8, 4) is 0 Å². The van der Waals surface area contributed by atoms with Crippen LogP contribution in [0.25, 0.3) is 0 Å². The summed E-state index contributed by atoms with van der Waals surface area (Å²) in [6.45, 7) is 0.602. The summed E-state index contributed by atoms with van der Waals surface area (Å²) in [7, 11) is 0. The molecule has 1 fully saturated rings. The van der Waals surface area contributed by atoms with Gasteiger partial charge in [0.2, 0.25) is 11.8 Å². The number of hydrogen-bond donors (Lipinski definition) is 1. The summed E-state index contributed by atoms with van der Waals surface area (Å²) in [5, 5.41) is 7.35. The van der Waals surface area contributed by atoms with Crippen LogP contribution in [0, 0.1) is 0 Å². The monoisotopic (exact) mass is 234 g/mol. The SMILES string of the molecule is NC(=O)C1CCCN1C(=O)Cc1ccnnc1. The molecule has 2 heterocycles. The van der Waals surface area contributed by atoms with Gasteiger partial charge < -0.3 is 10.6 Å². The Morgan fingerprint density at radius 3 is 2.94 bits per heavy atom. The lowest BCUT2D eigenvalue weighted by Gasteiger charge is -2.22. The minimum atomic E-state index is -0.447. The number of amides is 2. The molecule has 0 saturated carbocycles. The Bertz CT molecular complexity index is 421. The predicted octanol–water partition coefficient (Wildman–Crippen LogP) is -0.505. The maximum absolute atomic E-state index is 12.0. The van der Waals surface area contributed by atoms with Crippen LogP contribution in [0.15, 0.2) is 18.5 Å². The molecule has 0 aromatic carbocycles. The van der Waals surface area contributed by atoms with Gasteiger partial charge in [0.25, 0.3) is 0 Å². The van der Waals surface area contributed by atoms with Crippen molar-refractivity contribution < 1.29 is 9.59 Å². The molecule has 2 amide bonds. The molecule has 0 spiro atoms. The van der Waals surface area contributed by atoms with Gasteiger partial charge in [-0.05, 0) is 24.5 Å². The molecule has 1 aromatic rings. The fourth-order valence-electron chi connectivity index (χ4n) is 2.06. The minimum absolute atomic E-state index is 0.0840. The molecular formula is C11H14N4O2. The first-order valence-corrected chi connectivity index (χ1v) is 5.53. The van der Waals surface area contributed by atoms with Gasteiger partial charge in [0.1, 0.15) is 6.04 Å². The van der Waals surface area contributed by atoms with E-state index in [-0.39, 0.29) is 12.3 Å². The number of hydrogen-bond acceptors (Lipinski definition) is 4. The summed E-state index contributed by atoms with van der Waals surface area (Å²) >= 11 is 0. The van der Waals surface area contributed by atoms with E-state index in [0.717, 1.165) is 12.0 Å². The molecule has 0 bridgehead atoms. The molecule has 1 unspecified atom stereocenters. The molecule has 2 rings (SSSR count). The zero-order valence-corrected chi connectivity index (χ0v) is 9.37. The molecule has 0 radical (unpaired) electrons. The smallest absolute Gasteiger partial charge is 0.240 e. The van der Waals surface area contributed by atoms with E-state index in [2.05, 4.69) is 10.2 Å². The van der Waals surface area contributed by atoms with Crippen LogP contribution in [0.3, 0.4) is 0 Å². The number of nitrogens with zero attached hydrogens (tertiary/aromatic N) is 3. The van der Waals surface area contributed by atoms with Crippen LogP contribution in [0.5, 0.6) is 0 Å². The third kappa shape index (κ3) is 2.58. The van der Waals surface area contributed by atoms with Crippen molar-refractivity contribution in [3.63, 3.8) is 0 Å². The highest BCUT2D eigenvalue weighted by Gasteiger charge is 2.32. The maximum Gasteiger partial charge on any atom is 0.240 e. The topological polar surface area (TPSA) is 89.2 Å². The van der Waals surface area contributed by atoms with E-state index >= 15 is 0 Å². The van der Waals surface area contributed by atoms with Crippen molar-refractivity contribution in [1.82, 2.24) is 15.1 Å². The number of aromatic nitrogens is 2. The highest BCUT2D eigenvalue weighted by Crippen LogP contribution is 2.18. The predicted molar refractivity (Wildman–Crippen MR) is 59.7 cm³/mol. The van der Waals surface area contributed by atoms with Gasteiger partial charge in [-0.15, -0.1) is 0 Å². The van der Waals surface area contributed by atoms with Crippen LogP contribution < -0.4 is 5.73 Å². The van der Waals surface area contributed by atoms with Gasteiger partial charge in [-0.2, -0.15) is 10.2 Å². The fourth-order valence-corrected chi connectivity index (χ4v) is 2.06. The average molecular weight is 234 g/mol. The number of nitrogens with two attached hydrogens (primary N) is 1. The molecular weight excluding hydrogens is 220 g/mol. The first-order valence-electron chi connectivity index (χ1n) is 5.53. The largest absolute Gasteiger partial charge is 0.368 e. The van der Waals surface area contributed by atoms with Gasteiger partial charge in [0, 0.05) is 12.7 Å². The summed E-state index contributed by atoms with van der Waals surface area (Å²) < 4.78 is 0. The highest BCUT2D eigenvalue weighted by atomic mass is 16.2. The molecule has 90 valence electrons. The van der Waals surface area contributed by atoms with E-state index in [9.17, 15) is 9.59 Å². The summed E-state index contributed by atoms with van der Waals surface area (Å²) in [5.41, 5.74) is 6.06. The third-order valence-electron chi connectivity index (χ3n) is 2.90. The Labute approximate surface area is 98.8 Å². The number of carbonyl (C=O) groups excluding carboxylic acids is 2. The van der Waals surface area contributed by atoms with Gasteiger partial charge in [-0.3, -0.25) is 9.59 Å². The van der Waals surface area contributed by atoms with Gasteiger partial charge in [-0.25, -0.2) is 0 Å². The first kappa shape index (κ1) is 11.5. The van der Waals surface area contributed by atoms with Crippen LogP contribution in [-0.2, 0) is 16.0 Å². The molecule has 6 heteroatoms. The molecule has 1 aliphatic rings. The Hall–Kier alpha value is -1.98. The van der Waals surface area contributed by atoms with E-state index in [1.54, 1.807) is 17.2 Å². The summed E-state index contributed by atoms with van der Waals surface area (Å²) in [6, 6.07) is 1.29. The summed E-state index contributed by atoms with van der Waals surface area (Å²) in [4.78, 5) is 24.7. The van der Waals surface area contributed by atoms with E-state index in [0.29, 0.717) is 13.0 Å². The first-order chi connectivity index (χ1) is 8.18. The van der Waals surface area contributed by atoms with Crippen molar-refractivity contribution in [2.24, 2.45) is 5.73 Å². The molecule has 1 aliphatic heterocycles. The van der Waals surface area contributed by atoms with Crippen molar-refractivity contribution in [1.29, 1.82) is 0 Å². The molecule has 0 aliphatic carbocycles. The van der Waals surface area contributed by atoms with Crippen LogP contribution in [0.1, 0.15) is 18.4 Å². The van der Waals surface area contributed by atoms with E-state index in [1.165, 1.54) is 6.20 Å². The lowest BCUT2D eigenvalue weighted by atomic mass is 10.1. The normalized spacial score (nSPS) is 19.3. The van der Waals surface area contributed by atoms with E-state index in [4.69, 9.17) is 5.73 Å². The molecule has 2 N–H and O–H groups in total. The van der Waals surface area contributed by atoms with Crippen LogP contribution in [-0.4, -0.2) is 39.5 Å². The second-order valence-corrected chi connectivity index (χ2v) is 4.07. The molecule has 6 nitrogen and oxygen atoms in total. The second-order valence-electron chi connectivity index (χ2n) is 4.07. The van der Waals surface area contributed by atoms with Crippen molar-refractivity contribution in [2.75, 3.05) is 6.54 Å². The van der Waals surface area contributed by atoms with Gasteiger partial charge in [-0.1, -0.05) is 0 Å². The molecule has 1 saturated heterocycles. The molecule has 1 aromatic heterocycles. The molecule has 17 heavy (non-hydrogen) atoms. The van der Waals surface area contributed by atoms with Gasteiger partial charge >= 0.3 is 0 Å². The maximum atomic E-state index is 12.0. The minimum Gasteiger partial charge on any atom is -0.368 e. The lowest BCUT2D eigenvalue weighted by molar-refractivity contribution is -0.136. The van der Waals surface area contributed by atoms with E-state index < -0.39 is 11.9 Å². The van der Waals surface area contributed by atoms with Crippen LogP contribution in [0.2, 0.25) is 0 Å². The standard InChI is InChI=1S/C11H14N4O2/c12-11(17)9-2-1-5-15(9)10(16)6-8-3-4-13-14-7-8/h3-4,7,9H,1-2,5-6H2,(H2,12,17). The lowest BCUT2D eigenvalue weighted by Crippen LogP contribution is -2.44. The average Bonchev–Trinajstić information content (AvgIpc) is 2.79. The second kappa shape index (κ2) is 4.90. The Balaban J connectivity index is 2.03. The van der Waals surface area contributed by atoms with Crippen molar-refractivity contribution >= 4 is 11.8 Å². The Kier molecular flexibility index (Phi) is 3.32. The van der Waals surface area contributed by atoms with Crippen molar-refractivity contribution in [3.05, 3.63) is 24.0 Å². The summed E-state index contributed by atoms with van der Waals surface area (Å²) in [5.74, 6) is -0.511. The fraction of sp³-hybridized carbons (Fsp3) is 0.455. The highest BCUT2D eigenvalue weighted by molar-refractivity contribution is 5.88. The zero-order valence-electron chi connectivity index (χ0n) is 9.37. The number of primary amides is 1. The Morgan fingerprint density at radius 2 is 2.29 bits per heavy atom. The number of carbonyl (C=O) groups is 2. The quantitative estimate of drug-likeness (QED) is 0.763. The van der Waals surface area contributed by atoms with Gasteiger partial charge in [0.05, 0.1) is 12.6 Å². The van der Waals surface area contributed by atoms with Crippen LogP contribution >= 0.6 is 0 Å². The Morgan fingerprint density at radius 1 is 1.47 bits per heavy atom. The zero-order chi connectivity index (χ0) is 12.3. The summed E-state index contributed by atoms with van der Waals surface area (Å²) in [6.07, 6.45) is 4.81. The third-order valence-corrected chi connectivity index (χ3v) is 2.90.